The Kier molecular flexibility index (Phi) is 5.18. The second-order valence-corrected chi connectivity index (χ2v) is 5.92. The standard InChI is InChI=1S/C18H15BrN4O/c19-15-8-4-5-9-16(15)23-17(24)14-11-21-18(22-12-14)20-10-13-6-2-1-3-7-13/h1-9,11-12H,10H2,(H,23,24)(H,20,21,22). The van der Waals surface area contributed by atoms with Gasteiger partial charge in [0.05, 0.1) is 11.3 Å². The van der Waals surface area contributed by atoms with Crippen molar-refractivity contribution < 1.29 is 4.79 Å². The molecule has 1 aromatic heterocycles. The average molecular weight is 383 g/mol. The topological polar surface area (TPSA) is 66.9 Å². The van der Waals surface area contributed by atoms with Gasteiger partial charge in [-0.3, -0.25) is 4.79 Å². The lowest BCUT2D eigenvalue weighted by Crippen LogP contribution is -2.13. The highest BCUT2D eigenvalue weighted by molar-refractivity contribution is 9.10. The first kappa shape index (κ1) is 16.1. The predicted molar refractivity (Wildman–Crippen MR) is 97.9 cm³/mol. The second kappa shape index (κ2) is 7.70. The van der Waals surface area contributed by atoms with Crippen LogP contribution in [0.1, 0.15) is 15.9 Å². The molecule has 0 unspecified atom stereocenters. The lowest BCUT2D eigenvalue weighted by Gasteiger charge is -2.08. The number of aromatic nitrogens is 2. The molecule has 2 aromatic carbocycles. The summed E-state index contributed by atoms with van der Waals surface area (Å²) >= 11 is 3.40. The number of amides is 1. The number of anilines is 2. The van der Waals surface area contributed by atoms with Crippen LogP contribution in [0.3, 0.4) is 0 Å². The quantitative estimate of drug-likeness (QED) is 0.696. The summed E-state index contributed by atoms with van der Waals surface area (Å²) in [6.07, 6.45) is 3.01. The van der Waals surface area contributed by atoms with Gasteiger partial charge in [0, 0.05) is 23.4 Å². The number of carbonyl (C=O) groups is 1. The summed E-state index contributed by atoms with van der Waals surface area (Å²) in [5.74, 6) is 0.229. The van der Waals surface area contributed by atoms with Crippen LogP contribution in [0.2, 0.25) is 0 Å². The predicted octanol–water partition coefficient (Wildman–Crippen LogP) is 4.10. The van der Waals surface area contributed by atoms with Gasteiger partial charge >= 0.3 is 0 Å². The molecule has 0 bridgehead atoms. The Labute approximate surface area is 148 Å². The third-order valence-electron chi connectivity index (χ3n) is 3.33. The van der Waals surface area contributed by atoms with Crippen molar-refractivity contribution in [2.24, 2.45) is 0 Å². The van der Waals surface area contributed by atoms with Gasteiger partial charge in [-0.05, 0) is 33.6 Å². The Morgan fingerprint density at radius 2 is 1.62 bits per heavy atom. The van der Waals surface area contributed by atoms with Gasteiger partial charge in [0.15, 0.2) is 0 Å². The Bertz CT molecular complexity index is 822. The number of benzene rings is 2. The minimum absolute atomic E-state index is 0.253. The lowest BCUT2D eigenvalue weighted by atomic mass is 10.2. The molecule has 24 heavy (non-hydrogen) atoms. The van der Waals surface area contributed by atoms with Crippen molar-refractivity contribution in [2.75, 3.05) is 10.6 Å². The van der Waals surface area contributed by atoms with Crippen LogP contribution in [0.15, 0.2) is 71.5 Å². The van der Waals surface area contributed by atoms with Crippen LogP contribution in [0.5, 0.6) is 0 Å². The monoisotopic (exact) mass is 382 g/mol. The third kappa shape index (κ3) is 4.17. The SMILES string of the molecule is O=C(Nc1ccccc1Br)c1cnc(NCc2ccccc2)nc1. The van der Waals surface area contributed by atoms with Gasteiger partial charge in [-0.2, -0.15) is 0 Å². The zero-order valence-corrected chi connectivity index (χ0v) is 14.3. The minimum Gasteiger partial charge on any atom is -0.350 e. The summed E-state index contributed by atoms with van der Waals surface area (Å²) in [7, 11) is 0. The molecule has 5 nitrogen and oxygen atoms in total. The van der Waals surface area contributed by atoms with Crippen molar-refractivity contribution in [2.45, 2.75) is 6.54 Å². The van der Waals surface area contributed by atoms with Gasteiger partial charge in [-0.15, -0.1) is 0 Å². The molecule has 0 aliphatic carbocycles. The highest BCUT2D eigenvalue weighted by atomic mass is 79.9. The van der Waals surface area contributed by atoms with Crippen LogP contribution in [0.4, 0.5) is 11.6 Å². The van der Waals surface area contributed by atoms with Crippen LogP contribution in [-0.2, 0) is 6.54 Å². The van der Waals surface area contributed by atoms with E-state index in [1.54, 1.807) is 0 Å². The first-order valence-corrected chi connectivity index (χ1v) is 8.17. The van der Waals surface area contributed by atoms with Crippen LogP contribution in [0, 0.1) is 0 Å². The maximum Gasteiger partial charge on any atom is 0.258 e. The fourth-order valence-electron chi connectivity index (χ4n) is 2.07. The first-order chi connectivity index (χ1) is 11.7. The van der Waals surface area contributed by atoms with E-state index in [-0.39, 0.29) is 5.91 Å². The summed E-state index contributed by atoms with van der Waals surface area (Å²) in [6, 6.07) is 17.4. The van der Waals surface area contributed by atoms with Gasteiger partial charge < -0.3 is 10.6 Å². The highest BCUT2D eigenvalue weighted by Gasteiger charge is 2.09. The maximum atomic E-state index is 12.2. The molecule has 0 spiro atoms. The largest absolute Gasteiger partial charge is 0.350 e. The smallest absolute Gasteiger partial charge is 0.258 e. The van der Waals surface area contributed by atoms with Crippen molar-refractivity contribution in [1.82, 2.24) is 9.97 Å². The van der Waals surface area contributed by atoms with Crippen molar-refractivity contribution in [1.29, 1.82) is 0 Å². The fourth-order valence-corrected chi connectivity index (χ4v) is 2.45. The molecule has 1 amide bonds. The van der Waals surface area contributed by atoms with Crippen LogP contribution in [-0.4, -0.2) is 15.9 Å². The van der Waals surface area contributed by atoms with Crippen LogP contribution in [0.25, 0.3) is 0 Å². The summed E-state index contributed by atoms with van der Waals surface area (Å²) in [5.41, 5.74) is 2.24. The molecule has 0 fully saturated rings. The van der Waals surface area contributed by atoms with E-state index >= 15 is 0 Å². The van der Waals surface area contributed by atoms with Gasteiger partial charge in [-0.25, -0.2) is 9.97 Å². The number of nitrogens with zero attached hydrogens (tertiary/aromatic N) is 2. The summed E-state index contributed by atoms with van der Waals surface area (Å²) in [5, 5.41) is 5.94. The van der Waals surface area contributed by atoms with Crippen LogP contribution >= 0.6 is 15.9 Å². The highest BCUT2D eigenvalue weighted by Crippen LogP contribution is 2.21. The van der Waals surface area contributed by atoms with Crippen LogP contribution < -0.4 is 10.6 Å². The number of rotatable bonds is 5. The van der Waals surface area contributed by atoms with E-state index in [1.807, 2.05) is 54.6 Å². The molecule has 0 aliphatic rings. The average Bonchev–Trinajstić information content (AvgIpc) is 2.63. The van der Waals surface area contributed by atoms with E-state index in [0.717, 1.165) is 10.0 Å². The number of hydrogen-bond acceptors (Lipinski definition) is 4. The molecule has 2 N–H and O–H groups in total. The Morgan fingerprint density at radius 3 is 2.33 bits per heavy atom. The molecule has 0 atom stereocenters. The second-order valence-electron chi connectivity index (χ2n) is 5.07. The number of halogens is 1. The fraction of sp³-hybridized carbons (Fsp3) is 0.0556. The van der Waals surface area contributed by atoms with E-state index in [0.29, 0.717) is 23.7 Å². The zero-order valence-electron chi connectivity index (χ0n) is 12.7. The molecule has 3 aromatic rings. The molecular weight excluding hydrogens is 368 g/mol. The molecule has 3 rings (SSSR count). The zero-order chi connectivity index (χ0) is 16.8. The maximum absolute atomic E-state index is 12.2. The Hall–Kier alpha value is -2.73. The van der Waals surface area contributed by atoms with Gasteiger partial charge in [0.1, 0.15) is 0 Å². The number of para-hydroxylation sites is 1. The summed E-state index contributed by atoms with van der Waals surface area (Å²) in [4.78, 5) is 20.6. The molecular formula is C18H15BrN4O. The van der Waals surface area contributed by atoms with Crippen molar-refractivity contribution >= 4 is 33.5 Å². The van der Waals surface area contributed by atoms with Gasteiger partial charge in [-0.1, -0.05) is 42.5 Å². The molecule has 120 valence electrons. The van der Waals surface area contributed by atoms with Gasteiger partial charge in [0.2, 0.25) is 5.95 Å². The van der Waals surface area contributed by atoms with Crippen molar-refractivity contribution in [3.05, 3.63) is 82.6 Å². The number of nitrogens with one attached hydrogen (secondary N) is 2. The molecule has 0 radical (unpaired) electrons. The number of carbonyl (C=O) groups excluding carboxylic acids is 1. The van der Waals surface area contributed by atoms with E-state index < -0.39 is 0 Å². The molecule has 1 heterocycles. The Balaban J connectivity index is 1.61. The van der Waals surface area contributed by atoms with E-state index in [9.17, 15) is 4.79 Å². The van der Waals surface area contributed by atoms with E-state index in [4.69, 9.17) is 0 Å². The molecule has 6 heteroatoms. The van der Waals surface area contributed by atoms with E-state index in [1.165, 1.54) is 12.4 Å². The van der Waals surface area contributed by atoms with E-state index in [2.05, 4.69) is 36.5 Å². The normalized spacial score (nSPS) is 10.2. The minimum atomic E-state index is -0.253. The summed E-state index contributed by atoms with van der Waals surface area (Å²) in [6.45, 7) is 0.628. The third-order valence-corrected chi connectivity index (χ3v) is 4.02. The lowest BCUT2D eigenvalue weighted by molar-refractivity contribution is 0.102. The summed E-state index contributed by atoms with van der Waals surface area (Å²) < 4.78 is 0.820. The molecule has 0 aliphatic heterocycles. The first-order valence-electron chi connectivity index (χ1n) is 7.38. The van der Waals surface area contributed by atoms with Gasteiger partial charge in [0.25, 0.3) is 5.91 Å². The van der Waals surface area contributed by atoms with Crippen molar-refractivity contribution in [3.63, 3.8) is 0 Å². The number of hydrogen-bond donors (Lipinski definition) is 2. The van der Waals surface area contributed by atoms with Crippen molar-refractivity contribution in [3.8, 4) is 0 Å². The molecule has 0 saturated carbocycles. The molecule has 0 saturated heterocycles. The Morgan fingerprint density at radius 1 is 0.958 bits per heavy atom.